The van der Waals surface area contributed by atoms with Crippen LogP contribution < -0.4 is 15.0 Å². The van der Waals surface area contributed by atoms with Gasteiger partial charge in [-0.2, -0.15) is 0 Å². The number of fused-ring (bicyclic) bond motifs is 1. The summed E-state index contributed by atoms with van der Waals surface area (Å²) in [4.78, 5) is 30.8. The van der Waals surface area contributed by atoms with Crippen molar-refractivity contribution in [2.45, 2.75) is 13.0 Å². The smallest absolute Gasteiger partial charge is 0.268 e. The van der Waals surface area contributed by atoms with Crippen LogP contribution in [0.1, 0.15) is 6.92 Å². The Morgan fingerprint density at radius 2 is 2.14 bits per heavy atom. The van der Waals surface area contributed by atoms with Crippen LogP contribution in [-0.4, -0.2) is 29.4 Å². The molecule has 0 saturated carbocycles. The summed E-state index contributed by atoms with van der Waals surface area (Å²) in [6, 6.07) is 8.86. The quantitative estimate of drug-likeness (QED) is 0.607. The van der Waals surface area contributed by atoms with E-state index in [1.54, 1.807) is 36.6 Å². The minimum absolute atomic E-state index is 0.135. The van der Waals surface area contributed by atoms with E-state index in [1.807, 2.05) is 6.07 Å². The van der Waals surface area contributed by atoms with Crippen LogP contribution in [0.2, 0.25) is 8.67 Å². The molecule has 0 saturated heterocycles. The summed E-state index contributed by atoms with van der Waals surface area (Å²) >= 11 is 14.7. The Bertz CT molecular complexity index is 1070. The number of nitrogens with zero attached hydrogens (tertiary/aromatic N) is 2. The third-order valence-electron chi connectivity index (χ3n) is 4.06. The Labute approximate surface area is 178 Å². The van der Waals surface area contributed by atoms with Crippen LogP contribution in [0.15, 0.2) is 35.7 Å². The van der Waals surface area contributed by atoms with Gasteiger partial charge in [-0.3, -0.25) is 14.5 Å². The fourth-order valence-corrected chi connectivity index (χ4v) is 5.00. The predicted molar refractivity (Wildman–Crippen MR) is 113 cm³/mol. The summed E-state index contributed by atoms with van der Waals surface area (Å²) in [5, 5.41) is 4.94. The number of carbonyl (C=O) groups excluding carboxylic acids is 2. The van der Waals surface area contributed by atoms with Crippen LogP contribution in [0, 0.1) is 0 Å². The molecule has 1 aliphatic rings. The second-order valence-electron chi connectivity index (χ2n) is 5.98. The van der Waals surface area contributed by atoms with Crippen LogP contribution >= 0.6 is 45.9 Å². The summed E-state index contributed by atoms with van der Waals surface area (Å²) in [5.41, 5.74) is 1.93. The van der Waals surface area contributed by atoms with E-state index in [4.69, 9.17) is 27.9 Å². The van der Waals surface area contributed by atoms with Gasteiger partial charge in [0.1, 0.15) is 16.6 Å². The number of aromatic nitrogens is 1. The van der Waals surface area contributed by atoms with E-state index in [0.29, 0.717) is 30.9 Å². The third-order valence-corrected chi connectivity index (χ3v) is 6.30. The van der Waals surface area contributed by atoms with Gasteiger partial charge in [-0.25, -0.2) is 4.98 Å². The van der Waals surface area contributed by atoms with Crippen molar-refractivity contribution in [3.63, 3.8) is 0 Å². The van der Waals surface area contributed by atoms with Crippen molar-refractivity contribution < 1.29 is 14.3 Å². The highest BCUT2D eigenvalue weighted by molar-refractivity contribution is 7.20. The van der Waals surface area contributed by atoms with Crippen molar-refractivity contribution in [2.24, 2.45) is 0 Å². The number of rotatable bonds is 4. The Kier molecular flexibility index (Phi) is 5.29. The van der Waals surface area contributed by atoms with Gasteiger partial charge in [0.05, 0.1) is 15.7 Å². The number of nitrogens with one attached hydrogen (secondary N) is 1. The highest BCUT2D eigenvalue weighted by Crippen LogP contribution is 2.39. The predicted octanol–water partition coefficient (Wildman–Crippen LogP) is 4.93. The number of hydrogen-bond donors (Lipinski definition) is 1. The van der Waals surface area contributed by atoms with E-state index in [9.17, 15) is 9.59 Å². The number of thiophene rings is 1. The number of ether oxygens (including phenoxy) is 1. The molecular formula is C18H13Cl2N3O3S2. The number of benzene rings is 1. The van der Waals surface area contributed by atoms with Crippen molar-refractivity contribution in [3.05, 3.63) is 44.4 Å². The van der Waals surface area contributed by atoms with Gasteiger partial charge in [-0.15, -0.1) is 22.7 Å². The van der Waals surface area contributed by atoms with Gasteiger partial charge < -0.3 is 10.1 Å². The van der Waals surface area contributed by atoms with Crippen molar-refractivity contribution >= 4 is 68.5 Å². The maximum absolute atomic E-state index is 12.5. The summed E-state index contributed by atoms with van der Waals surface area (Å²) < 4.78 is 6.69. The summed E-state index contributed by atoms with van der Waals surface area (Å²) in [7, 11) is 0. The number of thiazole rings is 1. The number of halogens is 2. The molecule has 1 aliphatic heterocycles. The van der Waals surface area contributed by atoms with Gasteiger partial charge in [-0.05, 0) is 25.1 Å². The Hall–Kier alpha value is -2.13. The molecule has 0 fully saturated rings. The number of anilines is 2. The third kappa shape index (κ3) is 3.73. The summed E-state index contributed by atoms with van der Waals surface area (Å²) in [6.45, 7) is 1.52. The van der Waals surface area contributed by atoms with Crippen molar-refractivity contribution in [1.82, 2.24) is 4.98 Å². The maximum Gasteiger partial charge on any atom is 0.268 e. The van der Waals surface area contributed by atoms with Crippen molar-refractivity contribution in [1.29, 1.82) is 0 Å². The van der Waals surface area contributed by atoms with Crippen LogP contribution in [-0.2, 0) is 9.59 Å². The summed E-state index contributed by atoms with van der Waals surface area (Å²) in [6.07, 6.45) is -0.653. The Morgan fingerprint density at radius 3 is 2.89 bits per heavy atom. The van der Waals surface area contributed by atoms with E-state index in [0.717, 1.165) is 5.56 Å². The molecule has 10 heteroatoms. The largest absolute Gasteiger partial charge is 0.479 e. The lowest BCUT2D eigenvalue weighted by Crippen LogP contribution is -2.47. The molecule has 0 spiro atoms. The van der Waals surface area contributed by atoms with E-state index >= 15 is 0 Å². The van der Waals surface area contributed by atoms with Crippen molar-refractivity contribution in [3.8, 4) is 17.0 Å². The maximum atomic E-state index is 12.5. The average Bonchev–Trinajstić information content (AvgIpc) is 3.24. The van der Waals surface area contributed by atoms with Gasteiger partial charge >= 0.3 is 0 Å². The molecule has 0 unspecified atom stereocenters. The Balaban J connectivity index is 1.49. The first-order chi connectivity index (χ1) is 13.4. The molecule has 144 valence electrons. The van der Waals surface area contributed by atoms with E-state index in [-0.39, 0.29) is 18.4 Å². The monoisotopic (exact) mass is 453 g/mol. The molecule has 4 rings (SSSR count). The molecule has 3 heterocycles. The van der Waals surface area contributed by atoms with Gasteiger partial charge in [0.25, 0.3) is 5.91 Å². The second-order valence-corrected chi connectivity index (χ2v) is 9.12. The molecule has 0 aliphatic carbocycles. The zero-order chi connectivity index (χ0) is 19.8. The van der Waals surface area contributed by atoms with E-state index < -0.39 is 6.10 Å². The van der Waals surface area contributed by atoms with Crippen LogP contribution in [0.4, 0.5) is 10.8 Å². The van der Waals surface area contributed by atoms with E-state index in [2.05, 4.69) is 10.3 Å². The molecule has 28 heavy (non-hydrogen) atoms. The topological polar surface area (TPSA) is 71.5 Å². The fraction of sp³-hybridized carbons (Fsp3) is 0.167. The lowest BCUT2D eigenvalue weighted by Gasteiger charge is -2.32. The molecule has 0 bridgehead atoms. The number of hydrogen-bond acceptors (Lipinski definition) is 6. The van der Waals surface area contributed by atoms with Gasteiger partial charge in [-0.1, -0.05) is 35.3 Å². The van der Waals surface area contributed by atoms with Gasteiger partial charge in [0.15, 0.2) is 11.2 Å². The van der Waals surface area contributed by atoms with Crippen LogP contribution in [0.5, 0.6) is 5.75 Å². The minimum Gasteiger partial charge on any atom is -0.479 e. The number of carbonyl (C=O) groups is 2. The SMILES string of the molecule is C[C@@H]1Oc2ccccc2N(CC(=O)Nc2nc(-c3cc(Cl)sc3Cl)cs2)C1=O. The number of para-hydroxylation sites is 2. The van der Waals surface area contributed by atoms with Gasteiger partial charge in [0.2, 0.25) is 5.91 Å². The first-order valence-electron chi connectivity index (χ1n) is 8.20. The fourth-order valence-electron chi connectivity index (χ4n) is 2.79. The summed E-state index contributed by atoms with van der Waals surface area (Å²) in [5.74, 6) is -0.0520. The molecule has 1 atom stereocenters. The second kappa shape index (κ2) is 7.71. The van der Waals surface area contributed by atoms with Crippen molar-refractivity contribution in [2.75, 3.05) is 16.8 Å². The molecule has 3 aromatic rings. The van der Waals surface area contributed by atoms with E-state index in [1.165, 1.54) is 27.6 Å². The lowest BCUT2D eigenvalue weighted by molar-refractivity contribution is -0.127. The molecule has 1 aromatic carbocycles. The molecular weight excluding hydrogens is 441 g/mol. The van der Waals surface area contributed by atoms with Crippen LogP contribution in [0.3, 0.4) is 0 Å². The highest BCUT2D eigenvalue weighted by atomic mass is 35.5. The number of amides is 2. The van der Waals surface area contributed by atoms with Gasteiger partial charge in [0, 0.05) is 10.9 Å². The standard InChI is InChI=1S/C18H13Cl2N3O3S2/c1-9-17(25)23(12-4-2-3-5-13(12)26-9)7-15(24)22-18-21-11(8-27-18)10-6-14(19)28-16(10)20/h2-6,8-9H,7H2,1H3,(H,21,22,24)/t9-/m0/s1. The molecule has 2 aromatic heterocycles. The molecule has 6 nitrogen and oxygen atoms in total. The minimum atomic E-state index is -0.653. The molecule has 2 amide bonds. The molecule has 1 N–H and O–H groups in total. The highest BCUT2D eigenvalue weighted by Gasteiger charge is 2.32. The van der Waals surface area contributed by atoms with Crippen LogP contribution in [0.25, 0.3) is 11.3 Å². The lowest BCUT2D eigenvalue weighted by atomic mass is 10.2. The molecule has 0 radical (unpaired) electrons. The average molecular weight is 454 g/mol. The normalized spacial score (nSPS) is 15.9. The Morgan fingerprint density at radius 1 is 1.36 bits per heavy atom. The zero-order valence-corrected chi connectivity index (χ0v) is 17.6. The first kappa shape index (κ1) is 19.2. The first-order valence-corrected chi connectivity index (χ1v) is 10.6. The zero-order valence-electron chi connectivity index (χ0n) is 14.4.